The lowest BCUT2D eigenvalue weighted by Crippen LogP contribution is -2.40. The number of aliphatic carboxylic acids is 1. The van der Waals surface area contributed by atoms with Crippen LogP contribution in [0.25, 0.3) is 11.3 Å². The number of aromatic nitrogens is 2. The van der Waals surface area contributed by atoms with E-state index in [0.717, 1.165) is 19.3 Å². The highest BCUT2D eigenvalue weighted by Gasteiger charge is 2.59. The van der Waals surface area contributed by atoms with Crippen LogP contribution in [0, 0.1) is 17.2 Å². The Kier molecular flexibility index (Phi) is 3.59. The Labute approximate surface area is 143 Å². The van der Waals surface area contributed by atoms with E-state index in [2.05, 4.69) is 10.2 Å². The van der Waals surface area contributed by atoms with Crippen LogP contribution in [0.2, 0.25) is 0 Å². The van der Waals surface area contributed by atoms with E-state index in [1.165, 1.54) is 18.3 Å². The SMILES string of the molecule is O=C(O)C1CC12CCN(C(=O)c1cn[nH]c1-c1ccc(F)cc1)CC2. The number of carbonyl (C=O) groups excluding carboxylic acids is 1. The van der Waals surface area contributed by atoms with Gasteiger partial charge in [0.1, 0.15) is 5.82 Å². The number of carbonyl (C=O) groups is 2. The number of aromatic amines is 1. The number of likely N-dealkylation sites (tertiary alicyclic amines) is 1. The molecule has 1 aliphatic carbocycles. The second-order valence-electron chi connectivity index (χ2n) is 6.92. The summed E-state index contributed by atoms with van der Waals surface area (Å²) in [6.07, 6.45) is 3.65. The maximum absolute atomic E-state index is 13.1. The number of nitrogens with zero attached hydrogens (tertiary/aromatic N) is 2. The van der Waals surface area contributed by atoms with Gasteiger partial charge < -0.3 is 10.0 Å². The summed E-state index contributed by atoms with van der Waals surface area (Å²) in [5.41, 5.74) is 1.61. The summed E-state index contributed by atoms with van der Waals surface area (Å²) in [5, 5.41) is 15.9. The third kappa shape index (κ3) is 2.69. The zero-order valence-corrected chi connectivity index (χ0v) is 13.5. The van der Waals surface area contributed by atoms with Crippen LogP contribution in [-0.2, 0) is 4.79 Å². The highest BCUT2D eigenvalue weighted by atomic mass is 19.1. The van der Waals surface area contributed by atoms with E-state index in [1.54, 1.807) is 17.0 Å². The average molecular weight is 343 g/mol. The molecule has 0 bridgehead atoms. The highest BCUT2D eigenvalue weighted by molar-refractivity contribution is 5.99. The molecule has 6 nitrogen and oxygen atoms in total. The van der Waals surface area contributed by atoms with Crippen molar-refractivity contribution in [2.24, 2.45) is 11.3 Å². The fourth-order valence-electron chi connectivity index (χ4n) is 3.86. The Balaban J connectivity index is 1.49. The van der Waals surface area contributed by atoms with Crippen LogP contribution in [-0.4, -0.2) is 45.2 Å². The molecular weight excluding hydrogens is 325 g/mol. The van der Waals surface area contributed by atoms with Gasteiger partial charge in [0, 0.05) is 18.7 Å². The fourth-order valence-corrected chi connectivity index (χ4v) is 3.86. The molecule has 0 radical (unpaired) electrons. The van der Waals surface area contributed by atoms with Gasteiger partial charge in [-0.15, -0.1) is 0 Å². The molecule has 130 valence electrons. The molecule has 1 aliphatic heterocycles. The number of rotatable bonds is 3. The summed E-state index contributed by atoms with van der Waals surface area (Å²) in [4.78, 5) is 25.7. The van der Waals surface area contributed by atoms with Crippen LogP contribution < -0.4 is 0 Å². The molecule has 1 atom stereocenters. The molecule has 2 heterocycles. The minimum absolute atomic E-state index is 0.112. The molecule has 1 aromatic carbocycles. The highest BCUT2D eigenvalue weighted by Crippen LogP contribution is 2.59. The standard InChI is InChI=1S/C18H18FN3O3/c19-12-3-1-11(2-4-12)15-13(10-20-21-15)16(23)22-7-5-18(6-8-22)9-14(18)17(24)25/h1-4,10,14H,5-9H2,(H,20,21)(H,24,25). The van der Waals surface area contributed by atoms with Crippen molar-refractivity contribution >= 4 is 11.9 Å². The van der Waals surface area contributed by atoms with E-state index in [1.807, 2.05) is 0 Å². The average Bonchev–Trinajstić information content (AvgIpc) is 3.09. The van der Waals surface area contributed by atoms with E-state index >= 15 is 0 Å². The van der Waals surface area contributed by atoms with Gasteiger partial charge in [-0.3, -0.25) is 14.7 Å². The van der Waals surface area contributed by atoms with Crippen LogP contribution in [0.5, 0.6) is 0 Å². The normalized spacial score (nSPS) is 21.3. The lowest BCUT2D eigenvalue weighted by atomic mass is 9.90. The van der Waals surface area contributed by atoms with Crippen LogP contribution in [0.4, 0.5) is 4.39 Å². The number of hydrogen-bond acceptors (Lipinski definition) is 3. The maximum Gasteiger partial charge on any atom is 0.307 e. The Morgan fingerprint density at radius 1 is 1.24 bits per heavy atom. The van der Waals surface area contributed by atoms with Gasteiger partial charge in [0.2, 0.25) is 0 Å². The van der Waals surface area contributed by atoms with Crippen molar-refractivity contribution in [2.75, 3.05) is 13.1 Å². The Morgan fingerprint density at radius 2 is 1.92 bits per heavy atom. The first-order valence-corrected chi connectivity index (χ1v) is 8.32. The van der Waals surface area contributed by atoms with Crippen molar-refractivity contribution < 1.29 is 19.1 Å². The summed E-state index contributed by atoms with van der Waals surface area (Å²) in [5.74, 6) is -1.45. The smallest absolute Gasteiger partial charge is 0.307 e. The van der Waals surface area contributed by atoms with Gasteiger partial charge in [0.25, 0.3) is 5.91 Å². The zero-order valence-electron chi connectivity index (χ0n) is 13.5. The maximum atomic E-state index is 13.1. The van der Waals surface area contributed by atoms with E-state index in [0.29, 0.717) is 29.9 Å². The van der Waals surface area contributed by atoms with Gasteiger partial charge in [-0.1, -0.05) is 0 Å². The number of halogens is 1. The second-order valence-corrected chi connectivity index (χ2v) is 6.92. The Bertz CT molecular complexity index is 822. The van der Waals surface area contributed by atoms with Gasteiger partial charge >= 0.3 is 5.97 Å². The Hall–Kier alpha value is -2.70. The third-order valence-electron chi connectivity index (χ3n) is 5.54. The van der Waals surface area contributed by atoms with Crippen molar-refractivity contribution in [1.82, 2.24) is 15.1 Å². The largest absolute Gasteiger partial charge is 0.481 e. The van der Waals surface area contributed by atoms with Gasteiger partial charge in [-0.05, 0) is 48.9 Å². The third-order valence-corrected chi connectivity index (χ3v) is 5.54. The molecule has 1 saturated carbocycles. The van der Waals surface area contributed by atoms with E-state index in [-0.39, 0.29) is 23.1 Å². The van der Waals surface area contributed by atoms with Crippen LogP contribution in [0.3, 0.4) is 0 Å². The van der Waals surface area contributed by atoms with Crippen molar-refractivity contribution in [1.29, 1.82) is 0 Å². The summed E-state index contributed by atoms with van der Waals surface area (Å²) in [6.45, 7) is 1.10. The number of piperidine rings is 1. The second kappa shape index (κ2) is 5.68. The fraction of sp³-hybridized carbons (Fsp3) is 0.389. The lowest BCUT2D eigenvalue weighted by Gasteiger charge is -2.32. The first-order valence-electron chi connectivity index (χ1n) is 8.32. The molecule has 1 unspecified atom stereocenters. The molecule has 4 rings (SSSR count). The molecule has 2 N–H and O–H groups in total. The molecule has 1 spiro atoms. The first-order chi connectivity index (χ1) is 12.0. The topological polar surface area (TPSA) is 86.3 Å². The van der Waals surface area contributed by atoms with Gasteiger partial charge in [0.15, 0.2) is 0 Å². The van der Waals surface area contributed by atoms with Crippen molar-refractivity contribution in [3.63, 3.8) is 0 Å². The molecule has 1 amide bonds. The molecule has 7 heteroatoms. The number of hydrogen-bond donors (Lipinski definition) is 2. The first kappa shape index (κ1) is 15.8. The van der Waals surface area contributed by atoms with E-state index in [9.17, 15) is 14.0 Å². The predicted molar refractivity (Wildman–Crippen MR) is 87.3 cm³/mol. The van der Waals surface area contributed by atoms with E-state index in [4.69, 9.17) is 5.11 Å². The van der Waals surface area contributed by atoms with Crippen molar-refractivity contribution in [3.8, 4) is 11.3 Å². The van der Waals surface area contributed by atoms with E-state index < -0.39 is 5.97 Å². The number of carboxylic acids is 1. The van der Waals surface area contributed by atoms with Gasteiger partial charge in [0.05, 0.1) is 23.4 Å². The number of carboxylic acid groups (broad SMARTS) is 1. The van der Waals surface area contributed by atoms with Crippen LogP contribution >= 0.6 is 0 Å². The predicted octanol–water partition coefficient (Wildman–Crippen LogP) is 2.54. The summed E-state index contributed by atoms with van der Waals surface area (Å²) >= 11 is 0. The summed E-state index contributed by atoms with van der Waals surface area (Å²) in [7, 11) is 0. The molecule has 2 aromatic rings. The van der Waals surface area contributed by atoms with Crippen molar-refractivity contribution in [2.45, 2.75) is 19.3 Å². The Morgan fingerprint density at radius 3 is 2.52 bits per heavy atom. The number of nitrogens with one attached hydrogen (secondary N) is 1. The number of amides is 1. The van der Waals surface area contributed by atoms with Crippen molar-refractivity contribution in [3.05, 3.63) is 41.8 Å². The quantitative estimate of drug-likeness (QED) is 0.897. The molecule has 2 fully saturated rings. The zero-order chi connectivity index (χ0) is 17.6. The minimum Gasteiger partial charge on any atom is -0.481 e. The molecular formula is C18H18FN3O3. The van der Waals surface area contributed by atoms with Gasteiger partial charge in [-0.25, -0.2) is 4.39 Å². The van der Waals surface area contributed by atoms with Crippen LogP contribution in [0.1, 0.15) is 29.6 Å². The number of benzene rings is 1. The summed E-state index contributed by atoms with van der Waals surface area (Å²) in [6, 6.07) is 5.89. The molecule has 1 saturated heterocycles. The summed E-state index contributed by atoms with van der Waals surface area (Å²) < 4.78 is 13.1. The molecule has 2 aliphatic rings. The van der Waals surface area contributed by atoms with Gasteiger partial charge in [-0.2, -0.15) is 5.10 Å². The molecule has 25 heavy (non-hydrogen) atoms. The van der Waals surface area contributed by atoms with Crippen LogP contribution in [0.15, 0.2) is 30.5 Å². The minimum atomic E-state index is -0.729. The lowest BCUT2D eigenvalue weighted by molar-refractivity contribution is -0.139. The monoisotopic (exact) mass is 343 g/mol. The number of H-pyrrole nitrogens is 1. The molecule has 1 aromatic heterocycles.